The van der Waals surface area contributed by atoms with Gasteiger partial charge in [0.2, 0.25) is 5.91 Å². The first-order valence-corrected chi connectivity index (χ1v) is 15.7. The highest BCUT2D eigenvalue weighted by Gasteiger charge is 2.24. The monoisotopic (exact) mass is 609 g/mol. The number of amides is 1. The lowest BCUT2D eigenvalue weighted by Crippen LogP contribution is -2.27. The zero-order chi connectivity index (χ0) is 31.7. The number of fused-ring (bicyclic) bond motifs is 1. The van der Waals surface area contributed by atoms with Crippen molar-refractivity contribution in [1.82, 2.24) is 14.9 Å². The van der Waals surface area contributed by atoms with Crippen LogP contribution >= 0.6 is 0 Å². The summed E-state index contributed by atoms with van der Waals surface area (Å²) in [5, 5.41) is 4.27. The van der Waals surface area contributed by atoms with Crippen molar-refractivity contribution in [3.8, 4) is 11.5 Å². The van der Waals surface area contributed by atoms with E-state index in [1.165, 1.54) is 11.1 Å². The number of nitrogens with zero attached hydrogens (tertiary/aromatic N) is 2. The van der Waals surface area contributed by atoms with Crippen molar-refractivity contribution in [2.75, 3.05) is 13.7 Å². The average molecular weight is 610 g/mol. The number of carbonyl (C=O) groups excluding carboxylic acids is 1. The van der Waals surface area contributed by atoms with Gasteiger partial charge in [-0.15, -0.1) is 0 Å². The lowest BCUT2D eigenvalue weighted by molar-refractivity contribution is -0.121. The molecule has 0 aliphatic rings. The average Bonchev–Trinajstić information content (AvgIpc) is 3.46. The highest BCUT2D eigenvalue weighted by atomic mass is 16.5. The summed E-state index contributed by atoms with van der Waals surface area (Å²) < 4.78 is 14.3. The lowest BCUT2D eigenvalue weighted by atomic mass is 9.87. The van der Waals surface area contributed by atoms with E-state index < -0.39 is 0 Å². The molecule has 0 spiro atoms. The van der Waals surface area contributed by atoms with E-state index >= 15 is 0 Å². The molecule has 232 valence electrons. The van der Waals surface area contributed by atoms with Crippen LogP contribution in [-0.2, 0) is 24.4 Å². The van der Waals surface area contributed by atoms with Crippen LogP contribution in [0, 0.1) is 6.92 Å². The molecule has 46 heavy (non-hydrogen) atoms. The van der Waals surface area contributed by atoms with Crippen molar-refractivity contribution in [1.29, 1.82) is 0 Å². The number of benzene rings is 4. The molecule has 0 bridgehead atoms. The third kappa shape index (κ3) is 7.46. The summed E-state index contributed by atoms with van der Waals surface area (Å²) in [5.41, 5.74) is 7.71. The van der Waals surface area contributed by atoms with E-state index in [0.717, 1.165) is 39.8 Å². The maximum atomic E-state index is 13.5. The highest BCUT2D eigenvalue weighted by Crippen LogP contribution is 2.39. The maximum absolute atomic E-state index is 13.5. The smallest absolute Gasteiger partial charge is 0.220 e. The second-order valence-corrected chi connectivity index (χ2v) is 11.6. The van der Waals surface area contributed by atoms with E-state index in [-0.39, 0.29) is 18.2 Å². The number of pyridine rings is 1. The quantitative estimate of drug-likeness (QED) is 0.145. The van der Waals surface area contributed by atoms with Gasteiger partial charge >= 0.3 is 0 Å². The molecule has 0 saturated carbocycles. The molecule has 0 aliphatic carbocycles. The van der Waals surface area contributed by atoms with Gasteiger partial charge in [-0.2, -0.15) is 0 Å². The minimum Gasteiger partial charge on any atom is -0.493 e. The molecule has 1 amide bonds. The summed E-state index contributed by atoms with van der Waals surface area (Å²) in [7, 11) is 1.65. The van der Waals surface area contributed by atoms with Gasteiger partial charge in [0.25, 0.3) is 0 Å². The van der Waals surface area contributed by atoms with Crippen molar-refractivity contribution in [3.05, 3.63) is 161 Å². The molecule has 0 aliphatic heterocycles. The van der Waals surface area contributed by atoms with Gasteiger partial charge in [0, 0.05) is 60.8 Å². The number of hydrogen-bond donors (Lipinski definition) is 1. The Hall–Kier alpha value is -5.36. The molecule has 4 aromatic carbocycles. The predicted molar refractivity (Wildman–Crippen MR) is 183 cm³/mol. The largest absolute Gasteiger partial charge is 0.493 e. The molecule has 2 heterocycles. The molecule has 0 fully saturated rings. The summed E-state index contributed by atoms with van der Waals surface area (Å²) in [4.78, 5) is 17.9. The Bertz CT molecular complexity index is 1880. The van der Waals surface area contributed by atoms with Crippen LogP contribution in [0.3, 0.4) is 0 Å². The van der Waals surface area contributed by atoms with Crippen molar-refractivity contribution < 1.29 is 14.3 Å². The third-order valence-corrected chi connectivity index (χ3v) is 8.31. The molecule has 0 saturated heterocycles. The van der Waals surface area contributed by atoms with Crippen LogP contribution in [0.15, 0.2) is 128 Å². The summed E-state index contributed by atoms with van der Waals surface area (Å²) in [6.07, 6.45) is 4.95. The van der Waals surface area contributed by atoms with Gasteiger partial charge in [-0.1, -0.05) is 90.5 Å². The van der Waals surface area contributed by atoms with Crippen LogP contribution in [0.1, 0.15) is 45.8 Å². The summed E-state index contributed by atoms with van der Waals surface area (Å²) in [6.45, 7) is 3.79. The number of methoxy groups -OCH3 is 1. The number of aryl methyl sites for hydroxylation is 1. The van der Waals surface area contributed by atoms with E-state index in [9.17, 15) is 4.79 Å². The number of hydrogen-bond acceptors (Lipinski definition) is 4. The summed E-state index contributed by atoms with van der Waals surface area (Å²) in [5.74, 6) is 1.07. The van der Waals surface area contributed by atoms with E-state index in [2.05, 4.69) is 82.6 Å². The van der Waals surface area contributed by atoms with Crippen molar-refractivity contribution in [3.63, 3.8) is 0 Å². The zero-order valence-electron chi connectivity index (χ0n) is 26.4. The van der Waals surface area contributed by atoms with Crippen molar-refractivity contribution in [2.45, 2.75) is 38.8 Å². The Balaban J connectivity index is 1.32. The molecule has 6 aromatic rings. The summed E-state index contributed by atoms with van der Waals surface area (Å²) in [6, 6.07) is 39.0. The number of carbonyl (C=O) groups is 1. The van der Waals surface area contributed by atoms with E-state index in [0.29, 0.717) is 31.1 Å². The number of para-hydroxylation sites is 1. The molecular weight excluding hydrogens is 570 g/mol. The Morgan fingerprint density at radius 2 is 1.63 bits per heavy atom. The van der Waals surface area contributed by atoms with Gasteiger partial charge in [0.05, 0.1) is 7.11 Å². The van der Waals surface area contributed by atoms with Crippen LogP contribution in [0.25, 0.3) is 10.9 Å². The first-order chi connectivity index (χ1) is 22.6. The molecule has 6 nitrogen and oxygen atoms in total. The third-order valence-electron chi connectivity index (χ3n) is 8.31. The van der Waals surface area contributed by atoms with Gasteiger partial charge < -0.3 is 19.4 Å². The van der Waals surface area contributed by atoms with Crippen LogP contribution in [-0.4, -0.2) is 29.1 Å². The molecule has 1 atom stereocenters. The fraction of sp³-hybridized carbons (Fsp3) is 0.200. The Labute approximate surface area is 270 Å². The van der Waals surface area contributed by atoms with Gasteiger partial charge in [0.1, 0.15) is 6.61 Å². The lowest BCUT2D eigenvalue weighted by Gasteiger charge is -2.19. The minimum atomic E-state index is -0.212. The highest BCUT2D eigenvalue weighted by molar-refractivity contribution is 5.87. The molecule has 6 heteroatoms. The van der Waals surface area contributed by atoms with Gasteiger partial charge in [-0.05, 0) is 59.5 Å². The van der Waals surface area contributed by atoms with E-state index in [4.69, 9.17) is 9.47 Å². The van der Waals surface area contributed by atoms with Crippen LogP contribution in [0.4, 0.5) is 0 Å². The molecule has 0 unspecified atom stereocenters. The van der Waals surface area contributed by atoms with Crippen molar-refractivity contribution in [2.24, 2.45) is 0 Å². The topological polar surface area (TPSA) is 65.4 Å². The van der Waals surface area contributed by atoms with Crippen molar-refractivity contribution >= 4 is 16.8 Å². The molecule has 1 N–H and O–H groups in total. The van der Waals surface area contributed by atoms with Gasteiger partial charge in [-0.3, -0.25) is 9.78 Å². The second kappa shape index (κ2) is 14.6. The summed E-state index contributed by atoms with van der Waals surface area (Å²) >= 11 is 0. The Morgan fingerprint density at radius 3 is 2.41 bits per heavy atom. The van der Waals surface area contributed by atoms with Crippen LogP contribution in [0.2, 0.25) is 0 Å². The minimum absolute atomic E-state index is 0.0142. The zero-order valence-corrected chi connectivity index (χ0v) is 26.4. The van der Waals surface area contributed by atoms with E-state index in [1.54, 1.807) is 13.3 Å². The SMILES string of the molecule is COc1cc([C@H](CC(=O)NCCc2ccccn2)c2cn(Cc3ccc(C)cc3)c3ccccc23)ccc1OCc1ccccc1. The fourth-order valence-electron chi connectivity index (χ4n) is 5.87. The number of nitrogens with one attached hydrogen (secondary N) is 1. The van der Waals surface area contributed by atoms with Crippen LogP contribution in [0.5, 0.6) is 11.5 Å². The molecule has 2 aromatic heterocycles. The molecular formula is C40H39N3O3. The second-order valence-electron chi connectivity index (χ2n) is 11.6. The normalized spacial score (nSPS) is 11.7. The number of aromatic nitrogens is 2. The van der Waals surface area contributed by atoms with Crippen LogP contribution < -0.4 is 14.8 Å². The van der Waals surface area contributed by atoms with Gasteiger partial charge in [-0.25, -0.2) is 0 Å². The predicted octanol–water partition coefficient (Wildman–Crippen LogP) is 7.86. The fourth-order valence-corrected chi connectivity index (χ4v) is 5.87. The molecule has 0 radical (unpaired) electrons. The molecule has 6 rings (SSSR count). The van der Waals surface area contributed by atoms with E-state index in [1.807, 2.05) is 60.7 Å². The standard InChI is InChI=1S/C40H39N3O3/c1-29-15-17-30(18-16-29)26-43-27-36(34-13-6-7-14-37(34)43)35(25-40(44)42-23-21-33-12-8-9-22-41-33)32-19-20-38(39(24-32)45-2)46-28-31-10-4-3-5-11-31/h3-20,22,24,27,35H,21,23,25-26,28H2,1-2H3,(H,42,44)/t35-/m0/s1. The number of ether oxygens (including phenoxy) is 2. The number of rotatable bonds is 13. The first kappa shape index (κ1) is 30.7. The maximum Gasteiger partial charge on any atom is 0.220 e. The Morgan fingerprint density at radius 1 is 0.848 bits per heavy atom. The van der Waals surface area contributed by atoms with Gasteiger partial charge in [0.15, 0.2) is 11.5 Å². The first-order valence-electron chi connectivity index (χ1n) is 15.7. The Kier molecular flexibility index (Phi) is 9.74.